The van der Waals surface area contributed by atoms with Gasteiger partial charge in [-0.2, -0.15) is 0 Å². The lowest BCUT2D eigenvalue weighted by Gasteiger charge is -2.36. The van der Waals surface area contributed by atoms with Crippen LogP contribution in [0.2, 0.25) is 0 Å². The molecule has 1 saturated heterocycles. The summed E-state index contributed by atoms with van der Waals surface area (Å²) in [5.74, 6) is -1.00. The molecule has 1 aliphatic heterocycles. The largest absolute Gasteiger partial charge is 0.480 e. The molecule has 0 unspecified atom stereocenters. The first-order valence-electron chi connectivity index (χ1n) is 8.40. The summed E-state index contributed by atoms with van der Waals surface area (Å²) in [5, 5.41) is 12.2. The zero-order valence-corrected chi connectivity index (χ0v) is 13.8. The molecule has 2 rings (SSSR count). The number of amides is 1. The lowest BCUT2D eigenvalue weighted by Crippen LogP contribution is -2.53. The van der Waals surface area contributed by atoms with Crippen LogP contribution in [-0.4, -0.2) is 71.6 Å². The van der Waals surface area contributed by atoms with Crippen molar-refractivity contribution in [3.8, 4) is 0 Å². The highest BCUT2D eigenvalue weighted by Gasteiger charge is 2.42. The molecule has 2 N–H and O–H groups in total. The van der Waals surface area contributed by atoms with Crippen LogP contribution < -0.4 is 5.32 Å². The number of carbonyl (C=O) groups excluding carboxylic acids is 1. The minimum Gasteiger partial charge on any atom is -0.480 e. The van der Waals surface area contributed by atoms with Crippen molar-refractivity contribution in [1.29, 1.82) is 0 Å². The number of carboxylic acids is 1. The summed E-state index contributed by atoms with van der Waals surface area (Å²) < 4.78 is 0. The molecule has 1 aliphatic carbocycles. The Morgan fingerprint density at radius 2 is 1.77 bits per heavy atom. The maximum absolute atomic E-state index is 12.1. The quantitative estimate of drug-likeness (QED) is 0.763. The third-order valence-corrected chi connectivity index (χ3v) is 5.20. The van der Waals surface area contributed by atoms with Crippen LogP contribution in [0.4, 0.5) is 0 Å². The number of hydrogen-bond acceptors (Lipinski definition) is 4. The van der Waals surface area contributed by atoms with E-state index in [-0.39, 0.29) is 5.91 Å². The van der Waals surface area contributed by atoms with Gasteiger partial charge in [0, 0.05) is 38.6 Å². The minimum absolute atomic E-state index is 0.120. The second kappa shape index (κ2) is 7.42. The van der Waals surface area contributed by atoms with Gasteiger partial charge in [0.2, 0.25) is 5.91 Å². The Morgan fingerprint density at radius 1 is 1.18 bits per heavy atom. The summed E-state index contributed by atoms with van der Waals surface area (Å²) in [6.07, 6.45) is 4.06. The predicted molar refractivity (Wildman–Crippen MR) is 84.7 cm³/mol. The van der Waals surface area contributed by atoms with Gasteiger partial charge in [-0.05, 0) is 33.2 Å². The molecule has 6 heteroatoms. The van der Waals surface area contributed by atoms with Crippen LogP contribution in [0, 0.1) is 0 Å². The second-order valence-electron chi connectivity index (χ2n) is 6.87. The maximum Gasteiger partial charge on any atom is 0.329 e. The molecule has 0 aromatic heterocycles. The van der Waals surface area contributed by atoms with Gasteiger partial charge in [0.15, 0.2) is 0 Å². The summed E-state index contributed by atoms with van der Waals surface area (Å²) in [6.45, 7) is 6.37. The molecule has 1 amide bonds. The van der Waals surface area contributed by atoms with Crippen LogP contribution in [0.5, 0.6) is 0 Å². The maximum atomic E-state index is 12.1. The summed E-state index contributed by atoms with van der Waals surface area (Å²) in [5.41, 5.74) is -1.01. The molecule has 0 aromatic rings. The normalized spacial score (nSPS) is 24.1. The van der Waals surface area contributed by atoms with Crippen molar-refractivity contribution in [2.75, 3.05) is 33.2 Å². The number of piperazine rings is 1. The summed E-state index contributed by atoms with van der Waals surface area (Å²) in [4.78, 5) is 28.3. The van der Waals surface area contributed by atoms with Gasteiger partial charge in [0.05, 0.1) is 0 Å². The lowest BCUT2D eigenvalue weighted by molar-refractivity contribution is -0.147. The third-order valence-electron chi connectivity index (χ3n) is 5.20. The van der Waals surface area contributed by atoms with Gasteiger partial charge in [-0.25, -0.2) is 4.79 Å². The first-order valence-corrected chi connectivity index (χ1v) is 8.40. The van der Waals surface area contributed by atoms with E-state index in [4.69, 9.17) is 0 Å². The van der Waals surface area contributed by atoms with Crippen molar-refractivity contribution in [2.24, 2.45) is 0 Å². The fourth-order valence-corrected chi connectivity index (χ4v) is 3.49. The van der Waals surface area contributed by atoms with E-state index in [1.54, 1.807) is 0 Å². The number of rotatable bonds is 6. The predicted octanol–water partition coefficient (Wildman–Crippen LogP) is 0.916. The molecule has 1 atom stereocenters. The molecule has 1 saturated carbocycles. The van der Waals surface area contributed by atoms with Gasteiger partial charge in [-0.15, -0.1) is 0 Å². The standard InChI is InChI=1S/C16H29N3O3/c1-13(19-11-9-18(2)10-12-19)5-6-14(20)17-16(15(21)22)7-3-4-8-16/h13H,3-12H2,1-2H3,(H,17,20)(H,21,22)/t13-/m0/s1. The number of hydrogen-bond donors (Lipinski definition) is 2. The Kier molecular flexibility index (Phi) is 5.81. The Bertz CT molecular complexity index is 399. The molecular weight excluding hydrogens is 282 g/mol. The number of nitrogens with one attached hydrogen (secondary N) is 1. The third kappa shape index (κ3) is 4.20. The monoisotopic (exact) mass is 311 g/mol. The van der Waals surface area contributed by atoms with E-state index in [1.807, 2.05) is 0 Å². The summed E-state index contributed by atoms with van der Waals surface area (Å²) in [7, 11) is 2.13. The van der Waals surface area contributed by atoms with Crippen LogP contribution in [-0.2, 0) is 9.59 Å². The van der Waals surface area contributed by atoms with E-state index in [2.05, 4.69) is 29.1 Å². The van der Waals surface area contributed by atoms with Crippen LogP contribution in [0.15, 0.2) is 0 Å². The average Bonchev–Trinajstić information content (AvgIpc) is 2.95. The van der Waals surface area contributed by atoms with Gasteiger partial charge >= 0.3 is 5.97 Å². The summed E-state index contributed by atoms with van der Waals surface area (Å²) in [6, 6.07) is 0.365. The first-order chi connectivity index (χ1) is 10.4. The van der Waals surface area contributed by atoms with E-state index in [0.29, 0.717) is 25.3 Å². The molecule has 2 fully saturated rings. The first kappa shape index (κ1) is 17.2. The molecule has 0 radical (unpaired) electrons. The Hall–Kier alpha value is -1.14. The Morgan fingerprint density at radius 3 is 2.32 bits per heavy atom. The van der Waals surface area contributed by atoms with Crippen LogP contribution in [0.1, 0.15) is 45.4 Å². The smallest absolute Gasteiger partial charge is 0.329 e. The zero-order chi connectivity index (χ0) is 16.2. The SMILES string of the molecule is C[C@@H](CCC(=O)NC1(C(=O)O)CCCC1)N1CCN(C)CC1. The number of aliphatic carboxylic acids is 1. The number of carbonyl (C=O) groups is 2. The molecule has 22 heavy (non-hydrogen) atoms. The van der Waals surface area contributed by atoms with Gasteiger partial charge in [-0.1, -0.05) is 12.8 Å². The topological polar surface area (TPSA) is 72.9 Å². The van der Waals surface area contributed by atoms with Crippen LogP contribution in [0.25, 0.3) is 0 Å². The highest BCUT2D eigenvalue weighted by molar-refractivity contribution is 5.87. The fourth-order valence-electron chi connectivity index (χ4n) is 3.49. The molecule has 6 nitrogen and oxygen atoms in total. The van der Waals surface area contributed by atoms with Crippen molar-refractivity contribution >= 4 is 11.9 Å². The molecule has 2 aliphatic rings. The second-order valence-corrected chi connectivity index (χ2v) is 6.87. The van der Waals surface area contributed by atoms with Crippen molar-refractivity contribution < 1.29 is 14.7 Å². The highest BCUT2D eigenvalue weighted by Crippen LogP contribution is 2.30. The van der Waals surface area contributed by atoms with Gasteiger partial charge in [0.25, 0.3) is 0 Å². The van der Waals surface area contributed by atoms with E-state index in [0.717, 1.165) is 45.4 Å². The Balaban J connectivity index is 1.76. The Labute approximate surface area is 132 Å². The van der Waals surface area contributed by atoms with E-state index in [9.17, 15) is 14.7 Å². The zero-order valence-electron chi connectivity index (χ0n) is 13.8. The van der Waals surface area contributed by atoms with Crippen LogP contribution in [0.3, 0.4) is 0 Å². The van der Waals surface area contributed by atoms with E-state index >= 15 is 0 Å². The molecule has 126 valence electrons. The number of carboxylic acid groups (broad SMARTS) is 1. The minimum atomic E-state index is -1.01. The molecular formula is C16H29N3O3. The van der Waals surface area contributed by atoms with Crippen molar-refractivity contribution in [1.82, 2.24) is 15.1 Å². The van der Waals surface area contributed by atoms with Crippen molar-refractivity contribution in [2.45, 2.75) is 57.0 Å². The molecule has 0 aromatic carbocycles. The van der Waals surface area contributed by atoms with Crippen molar-refractivity contribution in [3.63, 3.8) is 0 Å². The fraction of sp³-hybridized carbons (Fsp3) is 0.875. The molecule has 0 spiro atoms. The average molecular weight is 311 g/mol. The van der Waals surface area contributed by atoms with Gasteiger partial charge in [0.1, 0.15) is 5.54 Å². The number of likely N-dealkylation sites (N-methyl/N-ethyl adjacent to an activating group) is 1. The summed E-state index contributed by atoms with van der Waals surface area (Å²) >= 11 is 0. The molecule has 0 bridgehead atoms. The van der Waals surface area contributed by atoms with Gasteiger partial charge in [-0.3, -0.25) is 9.69 Å². The number of nitrogens with zero attached hydrogens (tertiary/aromatic N) is 2. The highest BCUT2D eigenvalue weighted by atomic mass is 16.4. The van der Waals surface area contributed by atoms with E-state index in [1.165, 1.54) is 0 Å². The lowest BCUT2D eigenvalue weighted by atomic mass is 9.97. The van der Waals surface area contributed by atoms with E-state index < -0.39 is 11.5 Å². The molecule has 1 heterocycles. The van der Waals surface area contributed by atoms with Crippen molar-refractivity contribution in [3.05, 3.63) is 0 Å². The van der Waals surface area contributed by atoms with Gasteiger partial charge < -0.3 is 15.3 Å². The van der Waals surface area contributed by atoms with Crippen LogP contribution >= 0.6 is 0 Å².